The molecule has 0 heterocycles. The lowest BCUT2D eigenvalue weighted by molar-refractivity contribution is -0.132. The zero-order valence-corrected chi connectivity index (χ0v) is 7.81. The van der Waals surface area contributed by atoms with E-state index in [9.17, 15) is 13.6 Å². The highest BCUT2D eigenvalue weighted by atomic mass is 32.2. The van der Waals surface area contributed by atoms with E-state index in [-0.39, 0.29) is 5.57 Å². The molecule has 0 rings (SSSR count). The molecule has 0 saturated carbocycles. The highest BCUT2D eigenvalue weighted by molar-refractivity contribution is 7.77. The van der Waals surface area contributed by atoms with Crippen molar-refractivity contribution in [2.75, 3.05) is 6.54 Å². The van der Waals surface area contributed by atoms with Crippen molar-refractivity contribution in [2.45, 2.75) is 13.8 Å². The minimum Gasteiger partial charge on any atom is -0.760 e. The van der Waals surface area contributed by atoms with Crippen molar-refractivity contribution in [1.29, 1.82) is 0 Å². The smallest absolute Gasteiger partial charge is 0.330 e. The second kappa shape index (κ2) is 8.38. The van der Waals surface area contributed by atoms with Crippen LogP contribution in [0.2, 0.25) is 0 Å². The molecule has 0 bridgehead atoms. The fraction of sp³-hybridized carbons (Fsp3) is 0.500. The van der Waals surface area contributed by atoms with Gasteiger partial charge in [0.15, 0.2) is 0 Å². The fourth-order valence-corrected chi connectivity index (χ4v) is 0.354. The van der Waals surface area contributed by atoms with Crippen LogP contribution in [-0.2, 0) is 16.1 Å². The van der Waals surface area contributed by atoms with E-state index in [4.69, 9.17) is 5.11 Å². The van der Waals surface area contributed by atoms with E-state index in [1.165, 1.54) is 6.92 Å². The number of rotatable bonds is 3. The Bertz CT molecular complexity index is 168. The van der Waals surface area contributed by atoms with Gasteiger partial charge in [-0.2, -0.15) is 0 Å². The second-order valence-electron chi connectivity index (χ2n) is 1.82. The SMILES string of the molecule is C=C(C)C(=O)O.CCNS(=O)[O-]. The van der Waals surface area contributed by atoms with Crippen molar-refractivity contribution in [3.05, 3.63) is 12.2 Å². The predicted octanol–water partition coefficient (Wildman–Crippen LogP) is 0.0371. The van der Waals surface area contributed by atoms with Crippen LogP contribution >= 0.6 is 0 Å². The molecule has 0 aromatic heterocycles. The number of hydrogen-bond donors (Lipinski definition) is 2. The summed E-state index contributed by atoms with van der Waals surface area (Å²) in [7, 11) is 0. The maximum atomic E-state index is 9.60. The molecule has 0 aromatic carbocycles. The van der Waals surface area contributed by atoms with Gasteiger partial charge in [-0.15, -0.1) is 0 Å². The lowest BCUT2D eigenvalue weighted by atomic mass is 10.4. The molecule has 0 aliphatic rings. The standard InChI is InChI=1S/C4H6O2.C2H7NO2S/c1-3(2)4(5)6;1-2-3-6(4)5/h1H2,2H3,(H,5,6);3H,2H2,1H3,(H,4,5)/p-1. The first kappa shape index (κ1) is 13.8. The summed E-state index contributed by atoms with van der Waals surface area (Å²) >= 11 is -2.07. The van der Waals surface area contributed by atoms with Gasteiger partial charge in [0.1, 0.15) is 0 Å². The normalized spacial score (nSPS) is 10.9. The van der Waals surface area contributed by atoms with Crippen LogP contribution in [0.15, 0.2) is 12.2 Å². The van der Waals surface area contributed by atoms with Crippen molar-refractivity contribution in [2.24, 2.45) is 0 Å². The van der Waals surface area contributed by atoms with Crippen molar-refractivity contribution in [3.8, 4) is 0 Å². The van der Waals surface area contributed by atoms with E-state index in [1.807, 2.05) is 0 Å². The van der Waals surface area contributed by atoms with E-state index in [0.29, 0.717) is 6.54 Å². The first-order valence-electron chi connectivity index (χ1n) is 3.13. The van der Waals surface area contributed by atoms with Crippen LogP contribution in [-0.4, -0.2) is 26.4 Å². The maximum absolute atomic E-state index is 9.60. The molecule has 0 aliphatic heterocycles. The van der Waals surface area contributed by atoms with E-state index < -0.39 is 17.2 Å². The minimum absolute atomic E-state index is 0.176. The van der Waals surface area contributed by atoms with Crippen LogP contribution < -0.4 is 4.72 Å². The molecule has 0 aromatic rings. The summed E-state index contributed by atoms with van der Waals surface area (Å²) in [5.41, 5.74) is 0.176. The molecule has 1 unspecified atom stereocenters. The van der Waals surface area contributed by atoms with Crippen LogP contribution in [0.25, 0.3) is 0 Å². The van der Waals surface area contributed by atoms with Gasteiger partial charge in [-0.25, -0.2) is 9.52 Å². The monoisotopic (exact) mass is 194 g/mol. The topological polar surface area (TPSA) is 89.5 Å². The highest BCUT2D eigenvalue weighted by Crippen LogP contribution is 1.81. The summed E-state index contributed by atoms with van der Waals surface area (Å²) in [5, 5.41) is 7.89. The summed E-state index contributed by atoms with van der Waals surface area (Å²) in [6.07, 6.45) is 0. The third kappa shape index (κ3) is 16.1. The molecule has 2 N–H and O–H groups in total. The summed E-state index contributed by atoms with van der Waals surface area (Å²) in [6.45, 7) is 6.79. The van der Waals surface area contributed by atoms with E-state index >= 15 is 0 Å². The molecular formula is C6H12NO4S-. The Kier molecular flexibility index (Phi) is 9.66. The predicted molar refractivity (Wildman–Crippen MR) is 45.0 cm³/mol. The van der Waals surface area contributed by atoms with E-state index in [2.05, 4.69) is 11.3 Å². The first-order chi connectivity index (χ1) is 5.41. The molecular weight excluding hydrogens is 182 g/mol. The Morgan fingerprint density at radius 3 is 2.08 bits per heavy atom. The van der Waals surface area contributed by atoms with Crippen LogP contribution in [0, 0.1) is 0 Å². The van der Waals surface area contributed by atoms with Gasteiger partial charge < -0.3 is 9.66 Å². The molecule has 6 heteroatoms. The Morgan fingerprint density at radius 2 is 2.08 bits per heavy atom. The quantitative estimate of drug-likeness (QED) is 0.490. The second-order valence-corrected chi connectivity index (χ2v) is 2.58. The van der Waals surface area contributed by atoms with Gasteiger partial charge in [0.2, 0.25) is 0 Å². The van der Waals surface area contributed by atoms with Crippen LogP contribution in [0.1, 0.15) is 13.8 Å². The zero-order chi connectivity index (χ0) is 10.1. The van der Waals surface area contributed by atoms with Crippen molar-refractivity contribution in [1.82, 2.24) is 4.72 Å². The molecule has 1 atom stereocenters. The zero-order valence-electron chi connectivity index (χ0n) is 6.99. The Morgan fingerprint density at radius 1 is 1.75 bits per heavy atom. The lowest BCUT2D eigenvalue weighted by Crippen LogP contribution is -2.14. The maximum Gasteiger partial charge on any atom is 0.330 e. The van der Waals surface area contributed by atoms with Gasteiger partial charge in [-0.05, 0) is 6.92 Å². The number of hydrogen-bond acceptors (Lipinski definition) is 3. The number of carbonyl (C=O) groups is 1. The highest BCUT2D eigenvalue weighted by Gasteiger charge is 1.90. The van der Waals surface area contributed by atoms with Gasteiger partial charge in [0.25, 0.3) is 0 Å². The van der Waals surface area contributed by atoms with Gasteiger partial charge in [0.05, 0.1) is 0 Å². The summed E-state index contributed by atoms with van der Waals surface area (Å²) < 4.78 is 21.1. The molecule has 0 aliphatic carbocycles. The lowest BCUT2D eigenvalue weighted by Gasteiger charge is -2.00. The van der Waals surface area contributed by atoms with Crippen molar-refractivity contribution < 1.29 is 18.7 Å². The van der Waals surface area contributed by atoms with Crippen LogP contribution in [0.5, 0.6) is 0 Å². The molecule has 12 heavy (non-hydrogen) atoms. The van der Waals surface area contributed by atoms with E-state index in [1.54, 1.807) is 6.92 Å². The first-order valence-corrected chi connectivity index (χ1v) is 4.20. The summed E-state index contributed by atoms with van der Waals surface area (Å²) in [5.74, 6) is -0.935. The summed E-state index contributed by atoms with van der Waals surface area (Å²) in [6, 6.07) is 0. The number of carboxylic acids is 1. The Balaban J connectivity index is 0. The average molecular weight is 194 g/mol. The van der Waals surface area contributed by atoms with Gasteiger partial charge in [-0.3, -0.25) is 4.21 Å². The molecule has 0 spiro atoms. The van der Waals surface area contributed by atoms with Crippen molar-refractivity contribution in [3.63, 3.8) is 0 Å². The largest absolute Gasteiger partial charge is 0.760 e. The third-order valence-corrected chi connectivity index (χ3v) is 1.15. The van der Waals surface area contributed by atoms with Crippen LogP contribution in [0.4, 0.5) is 0 Å². The van der Waals surface area contributed by atoms with Gasteiger partial charge in [-0.1, -0.05) is 13.5 Å². The van der Waals surface area contributed by atoms with Crippen LogP contribution in [0.3, 0.4) is 0 Å². The fourth-order valence-electron chi connectivity index (χ4n) is 0.118. The average Bonchev–Trinajstić information content (AvgIpc) is 1.87. The molecule has 0 saturated heterocycles. The van der Waals surface area contributed by atoms with Gasteiger partial charge in [0, 0.05) is 23.4 Å². The molecule has 72 valence electrons. The summed E-state index contributed by atoms with van der Waals surface area (Å²) in [4.78, 5) is 9.60. The third-order valence-electron chi connectivity index (χ3n) is 0.627. The molecule has 0 fully saturated rings. The Labute approximate surface area is 73.9 Å². The molecule has 0 amide bonds. The van der Waals surface area contributed by atoms with Crippen molar-refractivity contribution >= 4 is 17.2 Å². The number of aliphatic carboxylic acids is 1. The number of carboxylic acid groups (broad SMARTS) is 1. The molecule has 5 nitrogen and oxygen atoms in total. The van der Waals surface area contributed by atoms with E-state index in [0.717, 1.165) is 0 Å². The molecule has 0 radical (unpaired) electrons. The van der Waals surface area contributed by atoms with Gasteiger partial charge >= 0.3 is 5.97 Å². The number of nitrogens with one attached hydrogen (secondary N) is 1. The Hall–Kier alpha value is -0.720. The minimum atomic E-state index is -2.07.